The minimum atomic E-state index is 0.249. The molecular weight excluding hydrogens is 286 g/mol. The van der Waals surface area contributed by atoms with Crippen molar-refractivity contribution in [2.24, 2.45) is 11.7 Å². The lowest BCUT2D eigenvalue weighted by Crippen LogP contribution is -2.17. The summed E-state index contributed by atoms with van der Waals surface area (Å²) in [6.45, 7) is 1.23. The van der Waals surface area contributed by atoms with Gasteiger partial charge in [-0.2, -0.15) is 0 Å². The van der Waals surface area contributed by atoms with Crippen LogP contribution < -0.4 is 5.73 Å². The molecule has 0 aromatic carbocycles. The van der Waals surface area contributed by atoms with Crippen LogP contribution in [0.25, 0.3) is 0 Å². The highest BCUT2D eigenvalue weighted by atomic mass is 16.3. The van der Waals surface area contributed by atoms with E-state index < -0.39 is 0 Å². The first-order chi connectivity index (χ1) is 11.3. The molecule has 0 heterocycles. The summed E-state index contributed by atoms with van der Waals surface area (Å²) in [5, 5.41) is 17.8. The van der Waals surface area contributed by atoms with Crippen molar-refractivity contribution in [2.45, 2.75) is 103 Å². The molecule has 140 valence electrons. The zero-order valence-corrected chi connectivity index (χ0v) is 15.5. The van der Waals surface area contributed by atoms with Gasteiger partial charge in [0.1, 0.15) is 0 Å². The number of aliphatic hydroxyl groups is 2. The molecule has 0 radical (unpaired) electrons. The van der Waals surface area contributed by atoms with Crippen LogP contribution in [-0.2, 0) is 0 Å². The van der Waals surface area contributed by atoms with E-state index >= 15 is 0 Å². The average molecular weight is 330 g/mol. The van der Waals surface area contributed by atoms with Crippen LogP contribution in [0.15, 0.2) is 0 Å². The Bertz CT molecular complexity index is 208. The summed E-state index contributed by atoms with van der Waals surface area (Å²) >= 11 is 0. The van der Waals surface area contributed by atoms with E-state index in [1.54, 1.807) is 0 Å². The van der Waals surface area contributed by atoms with Crippen LogP contribution in [-0.4, -0.2) is 30.0 Å². The summed E-state index contributed by atoms with van der Waals surface area (Å²) in [5.41, 5.74) is 5.58. The molecule has 0 rings (SSSR count). The fourth-order valence-corrected chi connectivity index (χ4v) is 3.13. The smallest absolute Gasteiger partial charge is 0.0471 e. The fourth-order valence-electron chi connectivity index (χ4n) is 3.13. The number of hydrogen-bond donors (Lipinski definition) is 3. The lowest BCUT2D eigenvalue weighted by atomic mass is 10.0. The molecule has 0 aliphatic heterocycles. The molecular formula is C20H43NO2. The zero-order valence-electron chi connectivity index (χ0n) is 15.5. The minimum absolute atomic E-state index is 0.249. The van der Waals surface area contributed by atoms with Crippen molar-refractivity contribution in [3.05, 3.63) is 0 Å². The summed E-state index contributed by atoms with van der Waals surface area (Å²) < 4.78 is 0. The molecule has 0 amide bonds. The lowest BCUT2D eigenvalue weighted by molar-refractivity contribution is 0.219. The van der Waals surface area contributed by atoms with Crippen molar-refractivity contribution < 1.29 is 10.2 Å². The topological polar surface area (TPSA) is 66.5 Å². The average Bonchev–Trinajstić information content (AvgIpc) is 2.58. The molecule has 3 nitrogen and oxygen atoms in total. The van der Waals surface area contributed by atoms with E-state index in [0.29, 0.717) is 19.1 Å². The maximum absolute atomic E-state index is 9.06. The highest BCUT2D eigenvalue weighted by Gasteiger charge is 2.03. The van der Waals surface area contributed by atoms with Crippen LogP contribution >= 0.6 is 0 Å². The zero-order chi connectivity index (χ0) is 17.0. The highest BCUT2D eigenvalue weighted by molar-refractivity contribution is 4.58. The Morgan fingerprint density at radius 3 is 1.17 bits per heavy atom. The van der Waals surface area contributed by atoms with Crippen molar-refractivity contribution in [3.63, 3.8) is 0 Å². The molecule has 23 heavy (non-hydrogen) atoms. The van der Waals surface area contributed by atoms with Gasteiger partial charge in [-0.1, -0.05) is 89.9 Å². The third-order valence-electron chi connectivity index (χ3n) is 4.86. The molecule has 1 atom stereocenters. The maximum atomic E-state index is 9.06. The summed E-state index contributed by atoms with van der Waals surface area (Å²) in [7, 11) is 0. The first-order valence-corrected chi connectivity index (χ1v) is 10.3. The first-order valence-electron chi connectivity index (χ1n) is 10.3. The van der Waals surface area contributed by atoms with Gasteiger partial charge in [0.05, 0.1) is 0 Å². The van der Waals surface area contributed by atoms with Gasteiger partial charge >= 0.3 is 0 Å². The molecule has 4 N–H and O–H groups in total. The van der Waals surface area contributed by atoms with E-state index in [1.807, 2.05) is 0 Å². The quantitative estimate of drug-likeness (QED) is 0.299. The van der Waals surface area contributed by atoms with Crippen molar-refractivity contribution >= 4 is 0 Å². The first kappa shape index (κ1) is 22.9. The number of unbranched alkanes of at least 4 members (excludes halogenated alkanes) is 14. The van der Waals surface area contributed by atoms with E-state index in [1.165, 1.54) is 89.9 Å². The summed E-state index contributed by atoms with van der Waals surface area (Å²) in [4.78, 5) is 0. The predicted molar refractivity (Wildman–Crippen MR) is 101 cm³/mol. The van der Waals surface area contributed by atoms with Crippen LogP contribution in [0, 0.1) is 5.92 Å². The number of rotatable bonds is 19. The fraction of sp³-hybridized carbons (Fsp3) is 1.00. The van der Waals surface area contributed by atoms with Gasteiger partial charge in [0, 0.05) is 13.2 Å². The maximum Gasteiger partial charge on any atom is 0.0471 e. The van der Waals surface area contributed by atoms with Crippen LogP contribution in [0.3, 0.4) is 0 Å². The molecule has 0 fully saturated rings. The molecule has 0 aromatic rings. The Morgan fingerprint density at radius 1 is 0.522 bits per heavy atom. The SMILES string of the molecule is NCC(CO)CCCCCCCCCCCCCCCCCO. The lowest BCUT2D eigenvalue weighted by Gasteiger charge is -2.10. The van der Waals surface area contributed by atoms with Crippen LogP contribution in [0.1, 0.15) is 103 Å². The minimum Gasteiger partial charge on any atom is -0.396 e. The van der Waals surface area contributed by atoms with Crippen LogP contribution in [0.2, 0.25) is 0 Å². The second-order valence-electron chi connectivity index (χ2n) is 7.10. The Labute approximate surface area is 145 Å². The van der Waals surface area contributed by atoms with Crippen LogP contribution in [0.4, 0.5) is 0 Å². The molecule has 0 saturated carbocycles. The second-order valence-corrected chi connectivity index (χ2v) is 7.10. The molecule has 0 spiro atoms. The number of hydrogen-bond acceptors (Lipinski definition) is 3. The van der Waals surface area contributed by atoms with Gasteiger partial charge in [-0.15, -0.1) is 0 Å². The third-order valence-corrected chi connectivity index (χ3v) is 4.86. The number of nitrogens with two attached hydrogens (primary N) is 1. The molecule has 0 aliphatic carbocycles. The standard InChI is InChI=1S/C20H43NO2/c21-18-20(19-23)16-14-12-10-8-6-4-2-1-3-5-7-9-11-13-15-17-22/h20,22-23H,1-19,21H2. The van der Waals surface area contributed by atoms with Crippen molar-refractivity contribution in [3.8, 4) is 0 Å². The van der Waals surface area contributed by atoms with Crippen molar-refractivity contribution in [1.82, 2.24) is 0 Å². The van der Waals surface area contributed by atoms with E-state index in [-0.39, 0.29) is 6.61 Å². The normalized spacial score (nSPS) is 12.7. The molecule has 0 aromatic heterocycles. The van der Waals surface area contributed by atoms with Gasteiger partial charge in [-0.05, 0) is 25.3 Å². The van der Waals surface area contributed by atoms with Crippen molar-refractivity contribution in [1.29, 1.82) is 0 Å². The van der Waals surface area contributed by atoms with Gasteiger partial charge in [-0.25, -0.2) is 0 Å². The third kappa shape index (κ3) is 18.1. The van der Waals surface area contributed by atoms with Gasteiger partial charge in [-0.3, -0.25) is 0 Å². The molecule has 0 aliphatic rings. The Morgan fingerprint density at radius 2 is 0.870 bits per heavy atom. The van der Waals surface area contributed by atoms with E-state index in [2.05, 4.69) is 0 Å². The van der Waals surface area contributed by atoms with E-state index in [4.69, 9.17) is 15.9 Å². The van der Waals surface area contributed by atoms with Gasteiger partial charge in [0.15, 0.2) is 0 Å². The van der Waals surface area contributed by atoms with Gasteiger partial charge in [0.25, 0.3) is 0 Å². The largest absolute Gasteiger partial charge is 0.396 e. The predicted octanol–water partition coefficient (Wildman–Crippen LogP) is 4.79. The molecule has 1 unspecified atom stereocenters. The van der Waals surface area contributed by atoms with E-state index in [0.717, 1.165) is 12.8 Å². The Kier molecular flexibility index (Phi) is 19.8. The Balaban J connectivity index is 3.02. The summed E-state index contributed by atoms with van der Waals surface area (Å²) in [5.74, 6) is 0.324. The monoisotopic (exact) mass is 329 g/mol. The second kappa shape index (κ2) is 19.9. The molecule has 0 bridgehead atoms. The van der Waals surface area contributed by atoms with E-state index in [9.17, 15) is 0 Å². The van der Waals surface area contributed by atoms with Crippen molar-refractivity contribution in [2.75, 3.05) is 19.8 Å². The number of aliphatic hydroxyl groups excluding tert-OH is 2. The highest BCUT2D eigenvalue weighted by Crippen LogP contribution is 2.14. The Hall–Kier alpha value is -0.120. The molecule has 3 heteroatoms. The molecule has 0 saturated heterocycles. The van der Waals surface area contributed by atoms with Gasteiger partial charge in [0.2, 0.25) is 0 Å². The van der Waals surface area contributed by atoms with Gasteiger partial charge < -0.3 is 15.9 Å². The summed E-state index contributed by atoms with van der Waals surface area (Å²) in [6.07, 6.45) is 20.9. The van der Waals surface area contributed by atoms with Crippen LogP contribution in [0.5, 0.6) is 0 Å². The summed E-state index contributed by atoms with van der Waals surface area (Å²) in [6, 6.07) is 0.